The van der Waals surface area contributed by atoms with Crippen LogP contribution in [0.25, 0.3) is 0 Å². The molecule has 0 atom stereocenters. The number of rotatable bonds is 4. The second-order valence-corrected chi connectivity index (χ2v) is 7.71. The Labute approximate surface area is 162 Å². The number of hydrogen-bond donors (Lipinski definition) is 1. The molecule has 2 N–H and O–H groups in total. The molecule has 2 aromatic rings. The van der Waals surface area contributed by atoms with Crippen molar-refractivity contribution in [3.63, 3.8) is 0 Å². The molecular weight excluding hydrogens is 368 g/mol. The first-order valence-electron chi connectivity index (χ1n) is 8.88. The van der Waals surface area contributed by atoms with Crippen molar-refractivity contribution in [1.82, 2.24) is 0 Å². The van der Waals surface area contributed by atoms with Crippen LogP contribution in [0.2, 0.25) is 0 Å². The van der Waals surface area contributed by atoms with E-state index >= 15 is 0 Å². The Kier molecular flexibility index (Phi) is 5.29. The highest BCUT2D eigenvalue weighted by molar-refractivity contribution is 6.62. The van der Waals surface area contributed by atoms with E-state index in [4.69, 9.17) is 15.0 Å². The molecule has 0 unspecified atom stereocenters. The van der Waals surface area contributed by atoms with Gasteiger partial charge in [-0.05, 0) is 57.4 Å². The number of alkyl halides is 2. The first-order chi connectivity index (χ1) is 13.0. The summed E-state index contributed by atoms with van der Waals surface area (Å²) < 4.78 is 52.1. The molecule has 1 aliphatic rings. The van der Waals surface area contributed by atoms with E-state index in [1.54, 1.807) is 0 Å². The molecule has 0 spiro atoms. The highest BCUT2D eigenvalue weighted by Gasteiger charge is 2.51. The van der Waals surface area contributed by atoms with Crippen molar-refractivity contribution < 1.29 is 22.5 Å². The van der Waals surface area contributed by atoms with Crippen molar-refractivity contribution in [3.05, 3.63) is 59.4 Å². The fourth-order valence-electron chi connectivity index (χ4n) is 2.83. The number of amidine groups is 1. The quantitative estimate of drug-likeness (QED) is 0.486. The molecule has 0 amide bonds. The van der Waals surface area contributed by atoms with Crippen molar-refractivity contribution in [2.24, 2.45) is 10.7 Å². The summed E-state index contributed by atoms with van der Waals surface area (Å²) >= 11 is 0. The zero-order valence-electron chi connectivity index (χ0n) is 16.2. The van der Waals surface area contributed by atoms with E-state index in [-0.39, 0.29) is 17.0 Å². The lowest BCUT2D eigenvalue weighted by molar-refractivity contribution is 0.00578. The maximum absolute atomic E-state index is 13.5. The topological polar surface area (TPSA) is 56.8 Å². The molecule has 1 heterocycles. The van der Waals surface area contributed by atoms with E-state index in [0.717, 1.165) is 0 Å². The molecule has 0 saturated carbocycles. The van der Waals surface area contributed by atoms with Gasteiger partial charge >= 0.3 is 7.12 Å². The molecule has 0 aliphatic carbocycles. The van der Waals surface area contributed by atoms with Gasteiger partial charge in [0.05, 0.1) is 16.9 Å². The summed E-state index contributed by atoms with van der Waals surface area (Å²) in [4.78, 5) is 4.15. The fraction of sp³-hybridized carbons (Fsp3) is 0.350. The number of hydrogen-bond acceptors (Lipinski definition) is 3. The summed E-state index contributed by atoms with van der Waals surface area (Å²) in [7, 11) is -0.714. The average molecular weight is 390 g/mol. The van der Waals surface area contributed by atoms with Gasteiger partial charge in [0.25, 0.3) is 6.43 Å². The molecule has 0 bridgehead atoms. The maximum Gasteiger partial charge on any atom is 0.494 e. The van der Waals surface area contributed by atoms with Crippen LogP contribution < -0.4 is 11.2 Å². The van der Waals surface area contributed by atoms with Crippen molar-refractivity contribution in [2.75, 3.05) is 0 Å². The summed E-state index contributed by atoms with van der Waals surface area (Å²) in [5.74, 6) is -0.520. The first kappa shape index (κ1) is 20.4. The van der Waals surface area contributed by atoms with Gasteiger partial charge in [0.2, 0.25) is 0 Å². The summed E-state index contributed by atoms with van der Waals surface area (Å²) in [6.45, 7) is 7.63. The molecule has 3 rings (SSSR count). The Morgan fingerprint density at radius 2 is 1.57 bits per heavy atom. The van der Waals surface area contributed by atoms with Crippen molar-refractivity contribution >= 4 is 24.1 Å². The number of nitrogens with zero attached hydrogens (tertiary/aromatic N) is 1. The van der Waals surface area contributed by atoms with Crippen LogP contribution in [0.3, 0.4) is 0 Å². The molecule has 1 saturated heterocycles. The summed E-state index contributed by atoms with van der Waals surface area (Å²) in [5.41, 5.74) is 5.66. The second-order valence-electron chi connectivity index (χ2n) is 7.71. The Bertz CT molecular complexity index is 883. The molecular formula is C20H22BF3N2O2. The van der Waals surface area contributed by atoms with Gasteiger partial charge in [0.15, 0.2) is 0 Å². The highest BCUT2D eigenvalue weighted by Crippen LogP contribution is 2.36. The molecule has 0 aromatic heterocycles. The third kappa shape index (κ3) is 3.93. The van der Waals surface area contributed by atoms with Crippen LogP contribution >= 0.6 is 0 Å². The smallest absolute Gasteiger partial charge is 0.399 e. The minimum Gasteiger partial charge on any atom is -0.399 e. The summed E-state index contributed by atoms with van der Waals surface area (Å²) in [6, 6.07) is 9.63. The third-order valence-corrected chi connectivity index (χ3v) is 5.19. The van der Waals surface area contributed by atoms with Crippen LogP contribution in [0.5, 0.6) is 0 Å². The van der Waals surface area contributed by atoms with Crippen LogP contribution in [-0.2, 0) is 9.31 Å². The molecule has 4 nitrogen and oxygen atoms in total. The van der Waals surface area contributed by atoms with E-state index in [9.17, 15) is 13.2 Å². The van der Waals surface area contributed by atoms with Crippen molar-refractivity contribution in [3.8, 4) is 0 Å². The number of aliphatic imine (C=N–C) groups is 1. The van der Waals surface area contributed by atoms with Gasteiger partial charge in [-0.15, -0.1) is 0 Å². The molecule has 148 valence electrons. The van der Waals surface area contributed by atoms with Crippen molar-refractivity contribution in [1.29, 1.82) is 0 Å². The van der Waals surface area contributed by atoms with Gasteiger partial charge in [-0.2, -0.15) is 0 Å². The molecule has 28 heavy (non-hydrogen) atoms. The minimum absolute atomic E-state index is 0.0894. The van der Waals surface area contributed by atoms with E-state index in [1.165, 1.54) is 42.5 Å². The lowest BCUT2D eigenvalue weighted by Crippen LogP contribution is -2.41. The maximum atomic E-state index is 13.5. The Morgan fingerprint density at radius 1 is 1.00 bits per heavy atom. The normalized spacial score (nSPS) is 18.7. The first-order valence-corrected chi connectivity index (χ1v) is 8.88. The Morgan fingerprint density at radius 3 is 2.11 bits per heavy atom. The Hall–Kier alpha value is -2.32. The number of nitrogens with two attached hydrogens (primary N) is 1. The third-order valence-electron chi connectivity index (χ3n) is 5.19. The van der Waals surface area contributed by atoms with Gasteiger partial charge < -0.3 is 15.0 Å². The molecule has 1 aliphatic heterocycles. The van der Waals surface area contributed by atoms with Crippen LogP contribution in [0.15, 0.2) is 47.5 Å². The van der Waals surface area contributed by atoms with Crippen LogP contribution in [0, 0.1) is 5.82 Å². The zero-order chi connectivity index (χ0) is 20.7. The van der Waals surface area contributed by atoms with Crippen LogP contribution in [0.4, 0.5) is 18.9 Å². The van der Waals surface area contributed by atoms with Gasteiger partial charge in [-0.25, -0.2) is 18.2 Å². The predicted molar refractivity (Wildman–Crippen MR) is 104 cm³/mol. The van der Waals surface area contributed by atoms with E-state index in [2.05, 4.69) is 4.99 Å². The standard InChI is InChI=1S/C20H22BF3N2O2/c1-19(2)20(3,4)28-21(27-19)12-5-10-15(17(23)24)16(11-12)18(25)26-14-8-6-13(22)7-9-14/h5-11,17H,1-4H3,(H2,25,26). The molecule has 2 aromatic carbocycles. The second kappa shape index (κ2) is 7.26. The summed E-state index contributed by atoms with van der Waals surface area (Å²) in [5, 5.41) is 0. The lowest BCUT2D eigenvalue weighted by atomic mass is 9.77. The number of halogens is 3. The Balaban J connectivity index is 2.00. The SMILES string of the molecule is CC1(C)OB(c2ccc(C(F)F)c(C(N)=Nc3ccc(F)cc3)c2)OC1(C)C. The van der Waals surface area contributed by atoms with Crippen LogP contribution in [0.1, 0.15) is 45.2 Å². The summed E-state index contributed by atoms with van der Waals surface area (Å²) in [6.07, 6.45) is -2.73. The van der Waals surface area contributed by atoms with Gasteiger partial charge in [0.1, 0.15) is 11.7 Å². The van der Waals surface area contributed by atoms with E-state index < -0.39 is 30.6 Å². The van der Waals surface area contributed by atoms with E-state index in [1.807, 2.05) is 27.7 Å². The zero-order valence-corrected chi connectivity index (χ0v) is 16.2. The van der Waals surface area contributed by atoms with Gasteiger partial charge in [-0.3, -0.25) is 0 Å². The lowest BCUT2D eigenvalue weighted by Gasteiger charge is -2.32. The molecule has 8 heteroatoms. The highest BCUT2D eigenvalue weighted by atomic mass is 19.3. The average Bonchev–Trinajstić information content (AvgIpc) is 2.84. The molecule has 1 fully saturated rings. The fourth-order valence-corrected chi connectivity index (χ4v) is 2.83. The molecule has 0 radical (unpaired) electrons. The van der Waals surface area contributed by atoms with Gasteiger partial charge in [0, 0.05) is 11.1 Å². The van der Waals surface area contributed by atoms with E-state index in [0.29, 0.717) is 11.2 Å². The van der Waals surface area contributed by atoms with Crippen LogP contribution in [-0.4, -0.2) is 24.2 Å². The largest absolute Gasteiger partial charge is 0.494 e. The monoisotopic (exact) mass is 390 g/mol. The van der Waals surface area contributed by atoms with Crippen molar-refractivity contribution in [2.45, 2.75) is 45.3 Å². The minimum atomic E-state index is -2.73. The number of benzene rings is 2. The van der Waals surface area contributed by atoms with Gasteiger partial charge in [-0.1, -0.05) is 18.2 Å². The predicted octanol–water partition coefficient (Wildman–Crippen LogP) is 4.10.